The fourth-order valence-electron chi connectivity index (χ4n) is 1.98. The van der Waals surface area contributed by atoms with Crippen molar-refractivity contribution < 1.29 is 9.84 Å². The van der Waals surface area contributed by atoms with Gasteiger partial charge in [-0.2, -0.15) is 0 Å². The molecule has 1 atom stereocenters. The van der Waals surface area contributed by atoms with Crippen LogP contribution in [0.3, 0.4) is 0 Å². The highest BCUT2D eigenvalue weighted by Gasteiger charge is 2.09. The highest BCUT2D eigenvalue weighted by atomic mass is 16.5. The van der Waals surface area contributed by atoms with Crippen LogP contribution < -0.4 is 4.74 Å². The molecule has 100 valence electrons. The lowest BCUT2D eigenvalue weighted by Crippen LogP contribution is -2.01. The minimum absolute atomic E-state index is 0.506. The van der Waals surface area contributed by atoms with E-state index in [1.807, 2.05) is 31.2 Å². The van der Waals surface area contributed by atoms with Crippen LogP contribution in [0, 0.1) is 0 Å². The van der Waals surface area contributed by atoms with Crippen molar-refractivity contribution in [2.45, 2.75) is 25.9 Å². The van der Waals surface area contributed by atoms with Crippen LogP contribution >= 0.6 is 0 Å². The molecule has 3 nitrogen and oxygen atoms in total. The monoisotopic (exact) mass is 257 g/mol. The molecule has 0 saturated heterocycles. The van der Waals surface area contributed by atoms with E-state index in [0.29, 0.717) is 18.8 Å². The Morgan fingerprint density at radius 3 is 2.74 bits per heavy atom. The van der Waals surface area contributed by atoms with Crippen LogP contribution in [0.25, 0.3) is 0 Å². The van der Waals surface area contributed by atoms with Gasteiger partial charge in [0.15, 0.2) is 0 Å². The standard InChI is InChI=1S/C16H19NO2/c1-2-19-15-10-14(11-17-12-15)16(18)9-8-13-6-4-3-5-7-13/h3-7,10-12,16,18H,2,8-9H2,1H3. The third kappa shape index (κ3) is 4.07. The van der Waals surface area contributed by atoms with Crippen LogP contribution in [0.2, 0.25) is 0 Å². The van der Waals surface area contributed by atoms with E-state index in [0.717, 1.165) is 12.0 Å². The summed E-state index contributed by atoms with van der Waals surface area (Å²) < 4.78 is 5.39. The first-order valence-corrected chi connectivity index (χ1v) is 6.59. The van der Waals surface area contributed by atoms with Gasteiger partial charge in [-0.3, -0.25) is 4.98 Å². The summed E-state index contributed by atoms with van der Waals surface area (Å²) in [4.78, 5) is 4.09. The summed E-state index contributed by atoms with van der Waals surface area (Å²) in [6.07, 6.45) is 4.38. The summed E-state index contributed by atoms with van der Waals surface area (Å²) in [6.45, 7) is 2.53. The summed E-state index contributed by atoms with van der Waals surface area (Å²) in [5.74, 6) is 0.707. The van der Waals surface area contributed by atoms with E-state index in [4.69, 9.17) is 4.74 Å². The maximum absolute atomic E-state index is 10.2. The maximum Gasteiger partial charge on any atom is 0.137 e. The number of benzene rings is 1. The van der Waals surface area contributed by atoms with Gasteiger partial charge in [0.2, 0.25) is 0 Å². The Morgan fingerprint density at radius 2 is 2.00 bits per heavy atom. The molecule has 0 fully saturated rings. The van der Waals surface area contributed by atoms with Crippen LogP contribution in [-0.2, 0) is 6.42 Å². The van der Waals surface area contributed by atoms with Crippen LogP contribution in [0.15, 0.2) is 48.8 Å². The van der Waals surface area contributed by atoms with Gasteiger partial charge in [0.25, 0.3) is 0 Å². The SMILES string of the molecule is CCOc1cncc(C(O)CCc2ccccc2)c1. The van der Waals surface area contributed by atoms with Crippen LogP contribution in [-0.4, -0.2) is 16.7 Å². The second-order valence-electron chi connectivity index (χ2n) is 4.43. The predicted octanol–water partition coefficient (Wildman–Crippen LogP) is 3.15. The van der Waals surface area contributed by atoms with Crippen LogP contribution in [0.4, 0.5) is 0 Å². The molecular formula is C16H19NO2. The summed E-state index contributed by atoms with van der Waals surface area (Å²) in [5, 5.41) is 10.2. The molecule has 0 aliphatic heterocycles. The highest BCUT2D eigenvalue weighted by Crippen LogP contribution is 2.21. The second kappa shape index (κ2) is 6.90. The minimum atomic E-state index is -0.506. The molecule has 1 aromatic heterocycles. The average molecular weight is 257 g/mol. The van der Waals surface area contributed by atoms with Crippen molar-refractivity contribution in [3.63, 3.8) is 0 Å². The first-order valence-electron chi connectivity index (χ1n) is 6.59. The molecule has 0 saturated carbocycles. The summed E-state index contributed by atoms with van der Waals surface area (Å²) in [6, 6.07) is 12.0. The molecular weight excluding hydrogens is 238 g/mol. The molecule has 1 N–H and O–H groups in total. The number of aliphatic hydroxyl groups is 1. The van der Waals surface area contributed by atoms with E-state index in [1.165, 1.54) is 5.56 Å². The topological polar surface area (TPSA) is 42.4 Å². The molecule has 1 heterocycles. The van der Waals surface area contributed by atoms with Gasteiger partial charge in [-0.25, -0.2) is 0 Å². The van der Waals surface area contributed by atoms with Gasteiger partial charge in [-0.15, -0.1) is 0 Å². The molecule has 0 aliphatic rings. The molecule has 0 amide bonds. The number of nitrogens with zero attached hydrogens (tertiary/aromatic N) is 1. The zero-order valence-corrected chi connectivity index (χ0v) is 11.1. The van der Waals surface area contributed by atoms with Crippen LogP contribution in [0.1, 0.15) is 30.6 Å². The number of aryl methyl sites for hydroxylation is 1. The largest absolute Gasteiger partial charge is 0.492 e. The van der Waals surface area contributed by atoms with Gasteiger partial charge < -0.3 is 9.84 Å². The van der Waals surface area contributed by atoms with Crippen molar-refractivity contribution in [2.24, 2.45) is 0 Å². The second-order valence-corrected chi connectivity index (χ2v) is 4.43. The molecule has 2 aromatic rings. The Hall–Kier alpha value is -1.87. The molecule has 1 unspecified atom stereocenters. The van der Waals surface area contributed by atoms with Gasteiger partial charge in [0.1, 0.15) is 5.75 Å². The summed E-state index contributed by atoms with van der Waals surface area (Å²) in [7, 11) is 0. The smallest absolute Gasteiger partial charge is 0.137 e. The van der Waals surface area contributed by atoms with Crippen molar-refractivity contribution in [1.82, 2.24) is 4.98 Å². The molecule has 0 radical (unpaired) electrons. The Bertz CT molecular complexity index is 499. The Morgan fingerprint density at radius 1 is 1.21 bits per heavy atom. The van der Waals surface area contributed by atoms with Gasteiger partial charge in [-0.05, 0) is 31.4 Å². The first kappa shape index (κ1) is 13.6. The number of aromatic nitrogens is 1. The molecule has 0 bridgehead atoms. The number of hydrogen-bond acceptors (Lipinski definition) is 3. The molecule has 0 spiro atoms. The van der Waals surface area contributed by atoms with Crippen molar-refractivity contribution in [1.29, 1.82) is 0 Å². The lowest BCUT2D eigenvalue weighted by Gasteiger charge is -2.12. The van der Waals surface area contributed by atoms with E-state index in [-0.39, 0.29) is 0 Å². The van der Waals surface area contributed by atoms with Gasteiger partial charge >= 0.3 is 0 Å². The zero-order valence-electron chi connectivity index (χ0n) is 11.1. The highest BCUT2D eigenvalue weighted by molar-refractivity contribution is 5.25. The van der Waals surface area contributed by atoms with Crippen molar-refractivity contribution in [3.05, 3.63) is 59.9 Å². The van der Waals surface area contributed by atoms with Crippen molar-refractivity contribution in [3.8, 4) is 5.75 Å². The number of rotatable bonds is 6. The zero-order chi connectivity index (χ0) is 13.5. The van der Waals surface area contributed by atoms with Gasteiger partial charge in [0.05, 0.1) is 18.9 Å². The number of hydrogen-bond donors (Lipinski definition) is 1. The third-order valence-corrected chi connectivity index (χ3v) is 2.98. The lowest BCUT2D eigenvalue weighted by molar-refractivity contribution is 0.167. The van der Waals surface area contributed by atoms with E-state index in [2.05, 4.69) is 17.1 Å². The maximum atomic E-state index is 10.2. The number of aliphatic hydroxyl groups excluding tert-OH is 1. The number of pyridine rings is 1. The van der Waals surface area contributed by atoms with E-state index < -0.39 is 6.10 Å². The molecule has 1 aromatic carbocycles. The average Bonchev–Trinajstić information content (AvgIpc) is 2.46. The van der Waals surface area contributed by atoms with Gasteiger partial charge in [0, 0.05) is 11.8 Å². The quantitative estimate of drug-likeness (QED) is 0.864. The molecule has 0 aliphatic carbocycles. The van der Waals surface area contributed by atoms with E-state index in [1.54, 1.807) is 12.4 Å². The predicted molar refractivity (Wildman–Crippen MR) is 75.1 cm³/mol. The normalized spacial score (nSPS) is 12.1. The summed E-state index contributed by atoms with van der Waals surface area (Å²) in [5.41, 5.74) is 2.04. The summed E-state index contributed by atoms with van der Waals surface area (Å²) >= 11 is 0. The van der Waals surface area contributed by atoms with E-state index >= 15 is 0 Å². The Balaban J connectivity index is 1.95. The Kier molecular flexibility index (Phi) is 4.93. The minimum Gasteiger partial charge on any atom is -0.492 e. The van der Waals surface area contributed by atoms with Gasteiger partial charge in [-0.1, -0.05) is 30.3 Å². The molecule has 19 heavy (non-hydrogen) atoms. The third-order valence-electron chi connectivity index (χ3n) is 2.98. The van der Waals surface area contributed by atoms with Crippen molar-refractivity contribution in [2.75, 3.05) is 6.61 Å². The fraction of sp³-hybridized carbons (Fsp3) is 0.312. The van der Waals surface area contributed by atoms with E-state index in [9.17, 15) is 5.11 Å². The first-order chi connectivity index (χ1) is 9.29. The Labute approximate surface area is 113 Å². The fourth-order valence-corrected chi connectivity index (χ4v) is 1.98. The van der Waals surface area contributed by atoms with Crippen LogP contribution in [0.5, 0.6) is 5.75 Å². The molecule has 3 heteroatoms. The number of ether oxygens (including phenoxy) is 1. The van der Waals surface area contributed by atoms with Crippen molar-refractivity contribution >= 4 is 0 Å². The lowest BCUT2D eigenvalue weighted by atomic mass is 10.0. The molecule has 2 rings (SSSR count).